The number of nitrogen functional groups attached to an aromatic ring is 1. The molecule has 0 bridgehead atoms. The number of nitrogens with one attached hydrogen (secondary N) is 1. The summed E-state index contributed by atoms with van der Waals surface area (Å²) in [6.45, 7) is 1.91. The Kier molecular flexibility index (Phi) is 2.66. The number of hydrogen-bond donors (Lipinski definition) is 2. The number of rotatable bonds is 2. The number of fused-ring (bicyclic) bond motifs is 1. The lowest BCUT2D eigenvalue weighted by molar-refractivity contribution is 1.11. The Morgan fingerprint density at radius 3 is 3.00 bits per heavy atom. The van der Waals surface area contributed by atoms with Crippen LogP contribution in [-0.2, 0) is 0 Å². The van der Waals surface area contributed by atoms with Gasteiger partial charge in [-0.1, -0.05) is 11.6 Å². The number of hydrogen-bond acceptors (Lipinski definition) is 6. The molecule has 0 aliphatic rings. The first-order valence-corrected chi connectivity index (χ1v) is 6.37. The van der Waals surface area contributed by atoms with Crippen molar-refractivity contribution >= 4 is 33.8 Å². The van der Waals surface area contributed by atoms with Crippen LogP contribution in [0.1, 0.15) is 5.69 Å². The van der Waals surface area contributed by atoms with Gasteiger partial charge in [0.25, 0.3) is 0 Å². The minimum absolute atomic E-state index is 0.550. The molecule has 0 radical (unpaired) electrons. The predicted octanol–water partition coefficient (Wildman–Crippen LogP) is 2.10. The van der Waals surface area contributed by atoms with Gasteiger partial charge in [0, 0.05) is 11.6 Å². The maximum Gasteiger partial charge on any atom is 0.234 e. The second kappa shape index (κ2) is 4.20. The zero-order valence-corrected chi connectivity index (χ0v) is 11.0. The van der Waals surface area contributed by atoms with E-state index in [-0.39, 0.29) is 0 Å². The molecule has 3 rings (SSSR count). The van der Waals surface area contributed by atoms with Crippen LogP contribution in [0.2, 0.25) is 5.02 Å². The van der Waals surface area contributed by atoms with E-state index in [0.29, 0.717) is 15.9 Å². The Balaban J connectivity index is 2.26. The number of aromatic nitrogens is 4. The van der Waals surface area contributed by atoms with Gasteiger partial charge in [0.15, 0.2) is 5.13 Å². The van der Waals surface area contributed by atoms with E-state index in [1.807, 2.05) is 16.7 Å². The summed E-state index contributed by atoms with van der Waals surface area (Å²) in [5.74, 6) is 5.93. The van der Waals surface area contributed by atoms with Crippen LogP contribution in [0.4, 0.5) is 5.13 Å². The fourth-order valence-corrected chi connectivity index (χ4v) is 2.53. The van der Waals surface area contributed by atoms with Crippen LogP contribution in [0.25, 0.3) is 17.2 Å². The van der Waals surface area contributed by atoms with Gasteiger partial charge in [-0.05, 0) is 6.92 Å². The number of anilines is 1. The molecule has 92 valence electrons. The molecule has 18 heavy (non-hydrogen) atoms. The lowest BCUT2D eigenvalue weighted by atomic mass is 10.3. The van der Waals surface area contributed by atoms with Gasteiger partial charge < -0.3 is 0 Å². The van der Waals surface area contributed by atoms with Gasteiger partial charge in [0.2, 0.25) is 5.78 Å². The molecule has 0 aliphatic heterocycles. The zero-order valence-electron chi connectivity index (χ0n) is 9.38. The molecule has 0 unspecified atom stereocenters. The second-order valence-electron chi connectivity index (χ2n) is 3.67. The van der Waals surface area contributed by atoms with Gasteiger partial charge in [0.05, 0.1) is 22.6 Å². The summed E-state index contributed by atoms with van der Waals surface area (Å²) in [5, 5.41) is 3.11. The van der Waals surface area contributed by atoms with Crippen molar-refractivity contribution in [1.82, 2.24) is 19.4 Å². The number of aryl methyl sites for hydroxylation is 1. The minimum atomic E-state index is 0.550. The highest BCUT2D eigenvalue weighted by Gasteiger charge is 2.14. The fraction of sp³-hybridized carbons (Fsp3) is 0.100. The smallest absolute Gasteiger partial charge is 0.234 e. The molecular weight excluding hydrogens is 272 g/mol. The SMILES string of the molecule is Cc1nc2ncc(Cl)cn2c1-c1csc(NN)n1. The summed E-state index contributed by atoms with van der Waals surface area (Å²) in [4.78, 5) is 12.9. The van der Waals surface area contributed by atoms with Crippen LogP contribution in [0.5, 0.6) is 0 Å². The Labute approximate surface area is 111 Å². The maximum atomic E-state index is 5.96. The minimum Gasteiger partial charge on any atom is -0.300 e. The molecule has 3 N–H and O–H groups in total. The molecule has 6 nitrogen and oxygen atoms in total. The van der Waals surface area contributed by atoms with Crippen LogP contribution in [0.15, 0.2) is 17.8 Å². The van der Waals surface area contributed by atoms with Crippen LogP contribution in [0, 0.1) is 6.92 Å². The standard InChI is InChI=1S/C10H9ClN6S/c1-5-8(7-4-18-10(15-7)16-12)17-3-6(11)2-13-9(17)14-5/h2-4H,12H2,1H3,(H,15,16). The Bertz CT molecular complexity index is 718. The fourth-order valence-electron chi connectivity index (χ4n) is 1.78. The molecule has 0 atom stereocenters. The largest absolute Gasteiger partial charge is 0.300 e. The summed E-state index contributed by atoms with van der Waals surface area (Å²) in [5.41, 5.74) is 5.04. The van der Waals surface area contributed by atoms with Crippen LogP contribution in [0.3, 0.4) is 0 Å². The Morgan fingerprint density at radius 2 is 2.28 bits per heavy atom. The first-order valence-electron chi connectivity index (χ1n) is 5.12. The average molecular weight is 281 g/mol. The Morgan fingerprint density at radius 1 is 1.44 bits per heavy atom. The highest BCUT2D eigenvalue weighted by molar-refractivity contribution is 7.14. The molecule has 3 heterocycles. The number of halogens is 1. The van der Waals surface area contributed by atoms with Gasteiger partial charge in [-0.3, -0.25) is 9.83 Å². The topological polar surface area (TPSA) is 81.1 Å². The number of thiazole rings is 1. The zero-order chi connectivity index (χ0) is 12.7. The van der Waals surface area contributed by atoms with Gasteiger partial charge in [-0.25, -0.2) is 20.8 Å². The van der Waals surface area contributed by atoms with E-state index in [1.54, 1.807) is 12.4 Å². The molecular formula is C10H9ClN6S. The van der Waals surface area contributed by atoms with E-state index >= 15 is 0 Å². The average Bonchev–Trinajstić information content (AvgIpc) is 2.92. The van der Waals surface area contributed by atoms with E-state index < -0.39 is 0 Å². The van der Waals surface area contributed by atoms with Crippen molar-refractivity contribution in [3.05, 3.63) is 28.5 Å². The first kappa shape index (κ1) is 11.4. The Hall–Kier alpha value is -1.70. The molecule has 0 saturated carbocycles. The van der Waals surface area contributed by atoms with Crippen molar-refractivity contribution < 1.29 is 0 Å². The number of imidazole rings is 1. The molecule has 0 saturated heterocycles. The second-order valence-corrected chi connectivity index (χ2v) is 4.96. The third kappa shape index (κ3) is 1.72. The normalized spacial score (nSPS) is 11.1. The molecule has 0 aliphatic carbocycles. The van der Waals surface area contributed by atoms with Crippen molar-refractivity contribution in [3.8, 4) is 11.4 Å². The van der Waals surface area contributed by atoms with Gasteiger partial charge >= 0.3 is 0 Å². The predicted molar refractivity (Wildman–Crippen MR) is 71.7 cm³/mol. The lowest BCUT2D eigenvalue weighted by Crippen LogP contribution is -2.05. The monoisotopic (exact) mass is 280 g/mol. The van der Waals surface area contributed by atoms with Gasteiger partial charge in [-0.2, -0.15) is 0 Å². The van der Waals surface area contributed by atoms with E-state index in [2.05, 4.69) is 20.4 Å². The van der Waals surface area contributed by atoms with E-state index in [9.17, 15) is 0 Å². The van der Waals surface area contributed by atoms with Crippen molar-refractivity contribution in [1.29, 1.82) is 0 Å². The molecule has 0 fully saturated rings. The third-order valence-electron chi connectivity index (χ3n) is 2.49. The number of hydrazine groups is 1. The van der Waals surface area contributed by atoms with E-state index in [4.69, 9.17) is 17.4 Å². The highest BCUT2D eigenvalue weighted by atomic mass is 35.5. The molecule has 0 amide bonds. The number of nitrogens with two attached hydrogens (primary N) is 1. The van der Waals surface area contributed by atoms with E-state index in [1.165, 1.54) is 11.3 Å². The van der Waals surface area contributed by atoms with Crippen LogP contribution >= 0.6 is 22.9 Å². The lowest BCUT2D eigenvalue weighted by Gasteiger charge is -1.99. The molecule has 0 aromatic carbocycles. The van der Waals surface area contributed by atoms with Crippen LogP contribution < -0.4 is 11.3 Å². The van der Waals surface area contributed by atoms with Crippen molar-refractivity contribution in [2.45, 2.75) is 6.92 Å². The summed E-state index contributed by atoms with van der Waals surface area (Å²) >= 11 is 7.39. The molecule has 8 heteroatoms. The summed E-state index contributed by atoms with van der Waals surface area (Å²) in [7, 11) is 0. The third-order valence-corrected chi connectivity index (χ3v) is 3.46. The van der Waals surface area contributed by atoms with Crippen molar-refractivity contribution in [2.24, 2.45) is 5.84 Å². The van der Waals surface area contributed by atoms with Crippen molar-refractivity contribution in [2.75, 3.05) is 5.43 Å². The van der Waals surface area contributed by atoms with E-state index in [0.717, 1.165) is 17.1 Å². The summed E-state index contributed by atoms with van der Waals surface area (Å²) in [6.07, 6.45) is 3.34. The van der Waals surface area contributed by atoms with Crippen LogP contribution in [-0.4, -0.2) is 19.4 Å². The van der Waals surface area contributed by atoms with Gasteiger partial charge in [0.1, 0.15) is 5.69 Å². The highest BCUT2D eigenvalue weighted by Crippen LogP contribution is 2.28. The van der Waals surface area contributed by atoms with Crippen molar-refractivity contribution in [3.63, 3.8) is 0 Å². The number of nitrogens with zero attached hydrogens (tertiary/aromatic N) is 4. The first-order chi connectivity index (χ1) is 8.69. The summed E-state index contributed by atoms with van der Waals surface area (Å²) in [6, 6.07) is 0. The van der Waals surface area contributed by atoms with Gasteiger partial charge in [-0.15, -0.1) is 11.3 Å². The quantitative estimate of drug-likeness (QED) is 0.555. The molecule has 3 aromatic heterocycles. The molecule has 0 spiro atoms. The maximum absolute atomic E-state index is 5.96. The molecule has 3 aromatic rings. The summed E-state index contributed by atoms with van der Waals surface area (Å²) < 4.78 is 1.83.